The van der Waals surface area contributed by atoms with Crippen molar-refractivity contribution in [3.05, 3.63) is 11.4 Å². The molecule has 3 N–H and O–H groups in total. The van der Waals surface area contributed by atoms with E-state index in [1.165, 1.54) is 0 Å². The number of aromatic amines is 1. The largest absolute Gasteiger partial charge is 0.374 e. The molecule has 0 amide bonds. The Balaban J connectivity index is 2.16. The molecule has 0 aromatic carbocycles. The lowest BCUT2D eigenvalue weighted by Gasteiger charge is -2.23. The molecule has 114 valence electrons. The molecule has 1 aromatic rings. The maximum absolute atomic E-state index is 12.5. The van der Waals surface area contributed by atoms with Crippen molar-refractivity contribution in [2.24, 2.45) is 0 Å². The topological polar surface area (TPSA) is 96.1 Å². The van der Waals surface area contributed by atoms with Crippen LogP contribution in [0.25, 0.3) is 0 Å². The Bertz CT molecular complexity index is 561. The van der Waals surface area contributed by atoms with Gasteiger partial charge in [-0.1, -0.05) is 0 Å². The highest BCUT2D eigenvalue weighted by atomic mass is 32.2. The van der Waals surface area contributed by atoms with Gasteiger partial charge in [0.15, 0.2) is 0 Å². The molecule has 1 aliphatic rings. The highest BCUT2D eigenvalue weighted by Crippen LogP contribution is 2.25. The number of rotatable bonds is 6. The molecule has 1 aromatic heterocycles. The number of sulfonamides is 1. The molecule has 1 atom stereocenters. The number of hydrogen-bond acceptors (Lipinski definition) is 5. The van der Waals surface area contributed by atoms with E-state index in [1.807, 2.05) is 6.92 Å². The van der Waals surface area contributed by atoms with Crippen LogP contribution in [0.2, 0.25) is 0 Å². The molecule has 0 bridgehead atoms. The summed E-state index contributed by atoms with van der Waals surface area (Å²) < 4.78 is 33.1. The predicted octanol–water partition coefficient (Wildman–Crippen LogP) is 0.285. The third-order valence-corrected chi connectivity index (χ3v) is 5.11. The molecule has 0 spiro atoms. The summed E-state index contributed by atoms with van der Waals surface area (Å²) in [7, 11) is -1.84. The second-order valence-electron chi connectivity index (χ2n) is 5.38. The maximum atomic E-state index is 12.5. The summed E-state index contributed by atoms with van der Waals surface area (Å²) in [4.78, 5) is 0.230. The second-order valence-corrected chi connectivity index (χ2v) is 7.09. The number of H-pyrrole nitrogens is 1. The van der Waals surface area contributed by atoms with Crippen LogP contribution in [0.4, 0.5) is 0 Å². The predicted molar refractivity (Wildman–Crippen MR) is 74.9 cm³/mol. The molecule has 0 aliphatic carbocycles. The minimum Gasteiger partial charge on any atom is -0.374 e. The first-order valence-corrected chi connectivity index (χ1v) is 8.18. The molecule has 1 fully saturated rings. The molecular formula is C12H22N4O3S. The van der Waals surface area contributed by atoms with Gasteiger partial charge in [0, 0.05) is 19.7 Å². The van der Waals surface area contributed by atoms with Crippen molar-refractivity contribution in [2.45, 2.75) is 43.7 Å². The van der Waals surface area contributed by atoms with Gasteiger partial charge in [0.2, 0.25) is 10.0 Å². The van der Waals surface area contributed by atoms with Crippen molar-refractivity contribution in [1.29, 1.82) is 0 Å². The molecule has 1 aliphatic heterocycles. The van der Waals surface area contributed by atoms with Crippen LogP contribution in [0.1, 0.15) is 31.2 Å². The first-order valence-electron chi connectivity index (χ1n) is 6.70. The fourth-order valence-corrected chi connectivity index (χ4v) is 3.93. The normalized spacial score (nSPS) is 23.4. The van der Waals surface area contributed by atoms with Crippen molar-refractivity contribution in [1.82, 2.24) is 20.2 Å². The van der Waals surface area contributed by atoms with E-state index in [9.17, 15) is 8.42 Å². The lowest BCUT2D eigenvalue weighted by molar-refractivity contribution is 0.0250. The van der Waals surface area contributed by atoms with E-state index >= 15 is 0 Å². The lowest BCUT2D eigenvalue weighted by atomic mass is 10.0. The molecular weight excluding hydrogens is 280 g/mol. The summed E-state index contributed by atoms with van der Waals surface area (Å²) in [6, 6.07) is 0. The number of aromatic nitrogens is 2. The Morgan fingerprint density at radius 3 is 2.85 bits per heavy atom. The molecule has 0 radical (unpaired) electrons. The van der Waals surface area contributed by atoms with E-state index < -0.39 is 15.6 Å². The minimum absolute atomic E-state index is 0.230. The van der Waals surface area contributed by atoms with E-state index in [1.54, 1.807) is 14.0 Å². The van der Waals surface area contributed by atoms with Crippen LogP contribution in [-0.2, 0) is 21.3 Å². The van der Waals surface area contributed by atoms with Gasteiger partial charge >= 0.3 is 0 Å². The zero-order valence-corrected chi connectivity index (χ0v) is 12.9. The number of nitrogens with one attached hydrogen (secondary N) is 3. The summed E-state index contributed by atoms with van der Waals surface area (Å²) in [5, 5.41) is 9.67. The highest BCUT2D eigenvalue weighted by Gasteiger charge is 2.32. The van der Waals surface area contributed by atoms with E-state index in [2.05, 4.69) is 20.2 Å². The van der Waals surface area contributed by atoms with E-state index in [0.29, 0.717) is 24.5 Å². The lowest BCUT2D eigenvalue weighted by Crippen LogP contribution is -2.40. The highest BCUT2D eigenvalue weighted by molar-refractivity contribution is 7.89. The third kappa shape index (κ3) is 3.20. The second kappa shape index (κ2) is 5.80. The number of nitrogens with zero attached hydrogens (tertiary/aromatic N) is 1. The average Bonchev–Trinajstić information content (AvgIpc) is 2.96. The summed E-state index contributed by atoms with van der Waals surface area (Å²) >= 11 is 0. The monoisotopic (exact) mass is 302 g/mol. The smallest absolute Gasteiger partial charge is 0.244 e. The Hall–Kier alpha value is -0.960. The van der Waals surface area contributed by atoms with E-state index in [4.69, 9.17) is 4.74 Å². The summed E-state index contributed by atoms with van der Waals surface area (Å²) in [6.07, 6.45) is 1.83. The Kier molecular flexibility index (Phi) is 4.48. The molecule has 8 heteroatoms. The first-order chi connectivity index (χ1) is 9.38. The standard InChI is InChI=1S/C12H22N4O3S/c1-9-11(10(7-13-3)16-15-9)20(17,18)14-8-12(2)5-4-6-19-12/h13-14H,4-8H2,1-3H3,(H,15,16). The zero-order chi connectivity index (χ0) is 14.8. The van der Waals surface area contributed by atoms with Crippen LogP contribution in [0.3, 0.4) is 0 Å². The summed E-state index contributed by atoms with van der Waals surface area (Å²) in [6.45, 7) is 5.00. The van der Waals surface area contributed by atoms with Crippen LogP contribution in [-0.4, -0.2) is 44.4 Å². The van der Waals surface area contributed by atoms with Crippen molar-refractivity contribution in [3.63, 3.8) is 0 Å². The summed E-state index contributed by atoms with van der Waals surface area (Å²) in [5.41, 5.74) is 0.628. The summed E-state index contributed by atoms with van der Waals surface area (Å²) in [5.74, 6) is 0. The van der Waals surface area contributed by atoms with Gasteiger partial charge < -0.3 is 10.1 Å². The van der Waals surface area contributed by atoms with Crippen LogP contribution < -0.4 is 10.0 Å². The van der Waals surface area contributed by atoms with Crippen LogP contribution in [0, 0.1) is 6.92 Å². The first kappa shape index (κ1) is 15.4. The van der Waals surface area contributed by atoms with Crippen molar-refractivity contribution < 1.29 is 13.2 Å². The van der Waals surface area contributed by atoms with Crippen molar-refractivity contribution in [2.75, 3.05) is 20.2 Å². The molecule has 1 unspecified atom stereocenters. The molecule has 1 saturated heterocycles. The van der Waals surface area contributed by atoms with Crippen LogP contribution in [0.5, 0.6) is 0 Å². The number of hydrogen-bond donors (Lipinski definition) is 3. The minimum atomic E-state index is -3.59. The van der Waals surface area contributed by atoms with Gasteiger partial charge in [0.25, 0.3) is 0 Å². The molecule has 20 heavy (non-hydrogen) atoms. The van der Waals surface area contributed by atoms with Gasteiger partial charge in [-0.3, -0.25) is 5.10 Å². The van der Waals surface area contributed by atoms with Gasteiger partial charge in [-0.2, -0.15) is 5.10 Å². The van der Waals surface area contributed by atoms with E-state index in [-0.39, 0.29) is 11.4 Å². The third-order valence-electron chi connectivity index (χ3n) is 3.51. The van der Waals surface area contributed by atoms with Crippen molar-refractivity contribution in [3.8, 4) is 0 Å². The van der Waals surface area contributed by atoms with Gasteiger partial charge in [-0.15, -0.1) is 0 Å². The fourth-order valence-electron chi connectivity index (χ4n) is 2.41. The Labute approximate surface area is 119 Å². The molecule has 0 saturated carbocycles. The zero-order valence-electron chi connectivity index (χ0n) is 12.1. The average molecular weight is 302 g/mol. The van der Waals surface area contributed by atoms with Gasteiger partial charge in [-0.25, -0.2) is 13.1 Å². The van der Waals surface area contributed by atoms with Crippen LogP contribution in [0.15, 0.2) is 4.90 Å². The SMILES string of the molecule is CNCc1n[nH]c(C)c1S(=O)(=O)NCC1(C)CCCO1. The quantitative estimate of drug-likeness (QED) is 0.701. The van der Waals surface area contributed by atoms with Gasteiger partial charge in [-0.05, 0) is 33.7 Å². The Morgan fingerprint density at radius 2 is 2.25 bits per heavy atom. The van der Waals surface area contributed by atoms with E-state index in [0.717, 1.165) is 12.8 Å². The molecule has 7 nitrogen and oxygen atoms in total. The van der Waals surface area contributed by atoms with Crippen molar-refractivity contribution >= 4 is 10.0 Å². The van der Waals surface area contributed by atoms with Gasteiger partial charge in [0.1, 0.15) is 4.90 Å². The van der Waals surface area contributed by atoms with Gasteiger partial charge in [0.05, 0.1) is 17.0 Å². The Morgan fingerprint density at radius 1 is 1.50 bits per heavy atom. The number of ether oxygens (including phenoxy) is 1. The number of aryl methyl sites for hydroxylation is 1. The van der Waals surface area contributed by atoms with Crippen LogP contribution >= 0.6 is 0 Å². The maximum Gasteiger partial charge on any atom is 0.244 e. The fraction of sp³-hybridized carbons (Fsp3) is 0.750. The molecule has 2 heterocycles. The molecule has 2 rings (SSSR count).